The van der Waals surface area contributed by atoms with Gasteiger partial charge in [-0.15, -0.1) is 10.2 Å². The second kappa shape index (κ2) is 6.79. The monoisotopic (exact) mass is 346 g/mol. The summed E-state index contributed by atoms with van der Waals surface area (Å²) in [4.78, 5) is 15.6. The maximum atomic E-state index is 12.3. The van der Waals surface area contributed by atoms with Crippen molar-refractivity contribution < 1.29 is 4.79 Å². The number of hydrogen-bond donors (Lipinski definition) is 3. The molecule has 0 aliphatic heterocycles. The van der Waals surface area contributed by atoms with Crippen LogP contribution in [0.25, 0.3) is 22.3 Å². The molecule has 26 heavy (non-hydrogen) atoms. The fraction of sp³-hybridized carbons (Fsp3) is 0.158. The number of rotatable bonds is 5. The van der Waals surface area contributed by atoms with Crippen LogP contribution in [0, 0.1) is 6.92 Å². The number of nitrogens with one attached hydrogen (secondary N) is 3. The van der Waals surface area contributed by atoms with E-state index in [1.54, 1.807) is 0 Å². The molecule has 130 valence electrons. The molecule has 2 aromatic carbocycles. The predicted molar refractivity (Wildman–Crippen MR) is 98.2 cm³/mol. The van der Waals surface area contributed by atoms with Gasteiger partial charge in [-0.2, -0.15) is 5.21 Å². The lowest BCUT2D eigenvalue weighted by atomic mass is 10.1. The number of carbonyl (C=O) groups excluding carboxylic acids is 1. The first-order valence-corrected chi connectivity index (χ1v) is 8.36. The van der Waals surface area contributed by atoms with Crippen LogP contribution in [0.4, 0.5) is 0 Å². The summed E-state index contributed by atoms with van der Waals surface area (Å²) >= 11 is 0. The van der Waals surface area contributed by atoms with Crippen molar-refractivity contribution >= 4 is 16.8 Å². The van der Waals surface area contributed by atoms with Gasteiger partial charge in [-0.1, -0.05) is 42.5 Å². The molecule has 0 unspecified atom stereocenters. The minimum atomic E-state index is -0.00495. The quantitative estimate of drug-likeness (QED) is 0.517. The first-order valence-electron chi connectivity index (χ1n) is 8.36. The van der Waals surface area contributed by atoms with Gasteiger partial charge in [0.15, 0.2) is 0 Å². The third kappa shape index (κ3) is 3.19. The predicted octanol–water partition coefficient (Wildman–Crippen LogP) is 2.52. The van der Waals surface area contributed by atoms with E-state index >= 15 is 0 Å². The second-order valence-electron chi connectivity index (χ2n) is 6.20. The smallest absolute Gasteiger partial charge is 0.224 e. The van der Waals surface area contributed by atoms with E-state index < -0.39 is 0 Å². The van der Waals surface area contributed by atoms with Crippen molar-refractivity contribution in [3.8, 4) is 11.4 Å². The van der Waals surface area contributed by atoms with Crippen LogP contribution in [-0.4, -0.2) is 31.5 Å². The summed E-state index contributed by atoms with van der Waals surface area (Å²) in [7, 11) is 0. The normalized spacial score (nSPS) is 11.0. The summed E-state index contributed by atoms with van der Waals surface area (Å²) in [6, 6.07) is 13.8. The lowest BCUT2D eigenvalue weighted by Gasteiger charge is -2.06. The summed E-state index contributed by atoms with van der Waals surface area (Å²) in [6.45, 7) is 2.54. The molecule has 0 saturated carbocycles. The summed E-state index contributed by atoms with van der Waals surface area (Å²) in [5.74, 6) is 0.546. The van der Waals surface area contributed by atoms with E-state index in [-0.39, 0.29) is 5.91 Å². The number of aryl methyl sites for hydroxylation is 1. The Morgan fingerprint density at radius 2 is 2.00 bits per heavy atom. The number of benzene rings is 2. The number of hydrogen-bond acceptors (Lipinski definition) is 4. The molecule has 7 heteroatoms. The Balaban J connectivity index is 1.38. The van der Waals surface area contributed by atoms with Crippen molar-refractivity contribution in [2.24, 2.45) is 0 Å². The third-order valence-corrected chi connectivity index (χ3v) is 4.41. The molecule has 2 heterocycles. The number of nitrogens with zero attached hydrogens (tertiary/aromatic N) is 3. The van der Waals surface area contributed by atoms with E-state index in [4.69, 9.17) is 0 Å². The number of aromatic amines is 2. The van der Waals surface area contributed by atoms with Crippen molar-refractivity contribution in [3.63, 3.8) is 0 Å². The summed E-state index contributed by atoms with van der Waals surface area (Å²) < 4.78 is 0. The van der Waals surface area contributed by atoms with Crippen LogP contribution in [0.2, 0.25) is 0 Å². The van der Waals surface area contributed by atoms with E-state index in [2.05, 4.69) is 43.9 Å². The Kier molecular flexibility index (Phi) is 4.18. The van der Waals surface area contributed by atoms with Crippen LogP contribution in [-0.2, 0) is 17.8 Å². The van der Waals surface area contributed by atoms with Gasteiger partial charge in [-0.25, -0.2) is 0 Å². The summed E-state index contributed by atoms with van der Waals surface area (Å²) in [6.07, 6.45) is 2.27. The van der Waals surface area contributed by atoms with E-state index in [1.807, 2.05) is 42.6 Å². The molecule has 0 aliphatic rings. The molecule has 0 spiro atoms. The van der Waals surface area contributed by atoms with Gasteiger partial charge < -0.3 is 10.3 Å². The molecule has 0 radical (unpaired) electrons. The Bertz CT molecular complexity index is 1030. The minimum Gasteiger partial charge on any atom is -0.361 e. The maximum Gasteiger partial charge on any atom is 0.224 e. The number of fused-ring (bicyclic) bond motifs is 1. The highest BCUT2D eigenvalue weighted by Crippen LogP contribution is 2.21. The molecule has 7 nitrogen and oxygen atoms in total. The van der Waals surface area contributed by atoms with Crippen LogP contribution in [0.5, 0.6) is 0 Å². The first kappa shape index (κ1) is 16.0. The Morgan fingerprint density at radius 3 is 2.77 bits per heavy atom. The number of para-hydroxylation sites is 1. The van der Waals surface area contributed by atoms with Crippen molar-refractivity contribution in [3.05, 3.63) is 65.4 Å². The molecule has 0 bridgehead atoms. The maximum absolute atomic E-state index is 12.3. The van der Waals surface area contributed by atoms with Gasteiger partial charge >= 0.3 is 0 Å². The summed E-state index contributed by atoms with van der Waals surface area (Å²) in [5.41, 5.74) is 5.17. The Labute approximate surface area is 149 Å². The van der Waals surface area contributed by atoms with Crippen LogP contribution in [0.15, 0.2) is 48.7 Å². The third-order valence-electron chi connectivity index (χ3n) is 4.41. The Hall–Kier alpha value is -3.48. The number of carbonyl (C=O) groups is 1. The van der Waals surface area contributed by atoms with Crippen molar-refractivity contribution in [2.75, 3.05) is 0 Å². The second-order valence-corrected chi connectivity index (χ2v) is 6.20. The van der Waals surface area contributed by atoms with Crippen molar-refractivity contribution in [1.29, 1.82) is 0 Å². The van der Waals surface area contributed by atoms with Gasteiger partial charge in [0.25, 0.3) is 0 Å². The van der Waals surface area contributed by atoms with Crippen molar-refractivity contribution in [2.45, 2.75) is 19.9 Å². The van der Waals surface area contributed by atoms with Gasteiger partial charge in [0.05, 0.1) is 6.42 Å². The molecule has 2 aromatic heterocycles. The number of aromatic nitrogens is 5. The van der Waals surface area contributed by atoms with Crippen LogP contribution in [0.3, 0.4) is 0 Å². The molecular weight excluding hydrogens is 328 g/mol. The molecule has 0 atom stereocenters. The highest BCUT2D eigenvalue weighted by atomic mass is 16.1. The van der Waals surface area contributed by atoms with Crippen LogP contribution >= 0.6 is 0 Å². The fourth-order valence-electron chi connectivity index (χ4n) is 3.00. The summed E-state index contributed by atoms with van der Waals surface area (Å²) in [5, 5.41) is 17.9. The standard InChI is InChI=1S/C19H18N6O/c1-12-3-2-4-16-15(11-21-18(12)16)9-17(26)20-10-13-5-7-14(8-6-13)19-22-24-25-23-19/h2-8,11,21H,9-10H2,1H3,(H,20,26)(H,22,23,24,25). The Morgan fingerprint density at radius 1 is 1.15 bits per heavy atom. The van der Waals surface area contributed by atoms with Crippen LogP contribution in [0.1, 0.15) is 16.7 Å². The van der Waals surface area contributed by atoms with E-state index in [0.29, 0.717) is 18.8 Å². The van der Waals surface area contributed by atoms with Gasteiger partial charge in [-0.05, 0) is 28.8 Å². The highest BCUT2D eigenvalue weighted by molar-refractivity contribution is 5.90. The average molecular weight is 346 g/mol. The fourth-order valence-corrected chi connectivity index (χ4v) is 3.00. The number of tetrazole rings is 1. The van der Waals surface area contributed by atoms with Gasteiger partial charge in [-0.3, -0.25) is 4.79 Å². The van der Waals surface area contributed by atoms with Crippen molar-refractivity contribution in [1.82, 2.24) is 30.9 Å². The topological polar surface area (TPSA) is 99.3 Å². The van der Waals surface area contributed by atoms with Gasteiger partial charge in [0, 0.05) is 29.2 Å². The molecule has 3 N–H and O–H groups in total. The van der Waals surface area contributed by atoms with Crippen LogP contribution < -0.4 is 5.32 Å². The highest BCUT2D eigenvalue weighted by Gasteiger charge is 2.10. The molecule has 0 aliphatic carbocycles. The van der Waals surface area contributed by atoms with Gasteiger partial charge in [0.2, 0.25) is 11.7 Å². The van der Waals surface area contributed by atoms with E-state index in [0.717, 1.165) is 27.6 Å². The largest absolute Gasteiger partial charge is 0.361 e. The molecule has 4 rings (SSSR count). The zero-order valence-electron chi connectivity index (χ0n) is 14.3. The first-order chi connectivity index (χ1) is 12.7. The number of H-pyrrole nitrogens is 2. The lowest BCUT2D eigenvalue weighted by Crippen LogP contribution is -2.24. The number of amides is 1. The molecule has 0 saturated heterocycles. The molecule has 0 fully saturated rings. The lowest BCUT2D eigenvalue weighted by molar-refractivity contribution is -0.120. The van der Waals surface area contributed by atoms with Gasteiger partial charge in [0.1, 0.15) is 0 Å². The van der Waals surface area contributed by atoms with E-state index in [9.17, 15) is 4.79 Å². The zero-order valence-corrected chi connectivity index (χ0v) is 14.3. The average Bonchev–Trinajstić information content (AvgIpc) is 3.32. The van der Waals surface area contributed by atoms with E-state index in [1.165, 1.54) is 5.56 Å². The zero-order chi connectivity index (χ0) is 17.9. The molecular formula is C19H18N6O. The molecule has 4 aromatic rings. The minimum absolute atomic E-state index is 0.00495. The molecule has 1 amide bonds. The SMILES string of the molecule is Cc1cccc2c(CC(=O)NCc3ccc(-c4nn[nH]n4)cc3)c[nH]c12.